The van der Waals surface area contributed by atoms with Gasteiger partial charge in [0, 0.05) is 3.57 Å². The average Bonchev–Trinajstić information content (AvgIpc) is 2.94. The van der Waals surface area contributed by atoms with E-state index >= 15 is 0 Å². The zero-order valence-electron chi connectivity index (χ0n) is 10.3. The zero-order valence-corrected chi connectivity index (χ0v) is 13.2. The Labute approximate surface area is 127 Å². The maximum absolute atomic E-state index is 10.4. The maximum Gasteiger partial charge on any atom is 0.0793 e. The molecule has 2 saturated carbocycles. The molecule has 0 saturated heterocycles. The Bertz CT molecular complexity index is 448. The van der Waals surface area contributed by atoms with Gasteiger partial charge in [-0.1, -0.05) is 24.1 Å². The highest BCUT2D eigenvalue weighted by atomic mass is 127. The van der Waals surface area contributed by atoms with Gasteiger partial charge in [-0.2, -0.15) is 0 Å². The number of hydrogen-bond acceptors (Lipinski definition) is 1. The van der Waals surface area contributed by atoms with E-state index in [1.807, 2.05) is 18.2 Å². The van der Waals surface area contributed by atoms with Crippen molar-refractivity contribution in [3.63, 3.8) is 0 Å². The van der Waals surface area contributed by atoms with Crippen molar-refractivity contribution in [2.75, 3.05) is 0 Å². The summed E-state index contributed by atoms with van der Waals surface area (Å²) in [5.41, 5.74) is 0.975. The lowest BCUT2D eigenvalue weighted by Gasteiger charge is -2.24. The molecule has 1 nitrogen and oxygen atoms in total. The van der Waals surface area contributed by atoms with Crippen LogP contribution in [0.3, 0.4) is 0 Å². The molecule has 0 heterocycles. The summed E-state index contributed by atoms with van der Waals surface area (Å²) >= 11 is 8.34. The molecule has 0 aliphatic heterocycles. The van der Waals surface area contributed by atoms with Crippen LogP contribution in [0.15, 0.2) is 18.2 Å². The molecule has 2 aliphatic carbocycles. The highest BCUT2D eigenvalue weighted by Gasteiger charge is 2.40. The van der Waals surface area contributed by atoms with Gasteiger partial charge in [-0.05, 0) is 83.7 Å². The van der Waals surface area contributed by atoms with Crippen molar-refractivity contribution in [1.29, 1.82) is 0 Å². The third kappa shape index (κ3) is 2.56. The number of rotatable bonds is 3. The lowest BCUT2D eigenvalue weighted by molar-refractivity contribution is 0.125. The lowest BCUT2D eigenvalue weighted by Crippen LogP contribution is -2.14. The van der Waals surface area contributed by atoms with Crippen LogP contribution in [0.5, 0.6) is 0 Å². The largest absolute Gasteiger partial charge is 0.388 e. The smallest absolute Gasteiger partial charge is 0.0793 e. The maximum atomic E-state index is 10.4. The second-order valence-corrected chi connectivity index (χ2v) is 7.43. The molecular weight excluding hydrogens is 359 g/mol. The Balaban J connectivity index is 1.67. The van der Waals surface area contributed by atoms with E-state index in [4.69, 9.17) is 11.6 Å². The third-order valence-electron chi connectivity index (χ3n) is 4.74. The van der Waals surface area contributed by atoms with Crippen molar-refractivity contribution >= 4 is 34.2 Å². The van der Waals surface area contributed by atoms with E-state index in [1.54, 1.807) is 0 Å². The normalized spacial score (nSPS) is 31.8. The standard InChI is InChI=1S/C15H18ClIO/c16-13-7-11(3-4-14(13)17)15(18)8-12-6-9-1-2-10(12)5-9/h3-4,7,9-10,12,15,18H,1-2,5-6,8H2. The molecule has 3 rings (SSSR count). The molecule has 2 aliphatic rings. The summed E-state index contributed by atoms with van der Waals surface area (Å²) in [5, 5.41) is 11.1. The Morgan fingerprint density at radius 3 is 2.78 bits per heavy atom. The first-order chi connectivity index (χ1) is 8.63. The van der Waals surface area contributed by atoms with Crippen LogP contribution in [-0.2, 0) is 0 Å². The van der Waals surface area contributed by atoms with Crippen molar-refractivity contribution in [2.45, 2.75) is 38.2 Å². The fourth-order valence-corrected chi connectivity index (χ4v) is 4.33. The van der Waals surface area contributed by atoms with Gasteiger partial charge in [0.2, 0.25) is 0 Å². The van der Waals surface area contributed by atoms with Crippen molar-refractivity contribution in [2.24, 2.45) is 17.8 Å². The summed E-state index contributed by atoms with van der Waals surface area (Å²) in [6, 6.07) is 5.91. The molecule has 4 atom stereocenters. The van der Waals surface area contributed by atoms with E-state index < -0.39 is 0 Å². The van der Waals surface area contributed by atoms with Crippen molar-refractivity contribution in [3.8, 4) is 0 Å². The average molecular weight is 377 g/mol. The van der Waals surface area contributed by atoms with Gasteiger partial charge in [-0.25, -0.2) is 0 Å². The molecule has 98 valence electrons. The predicted molar refractivity (Wildman–Crippen MR) is 82.7 cm³/mol. The number of aliphatic hydroxyl groups is 1. The molecule has 4 unspecified atom stereocenters. The number of fused-ring (bicyclic) bond motifs is 2. The Morgan fingerprint density at radius 1 is 1.33 bits per heavy atom. The number of hydrogen-bond donors (Lipinski definition) is 1. The first-order valence-corrected chi connectivity index (χ1v) is 8.22. The molecule has 0 aromatic heterocycles. The van der Waals surface area contributed by atoms with Crippen LogP contribution < -0.4 is 0 Å². The van der Waals surface area contributed by atoms with Gasteiger partial charge in [-0.15, -0.1) is 0 Å². The minimum absolute atomic E-state index is 0.344. The molecule has 1 aromatic rings. The summed E-state index contributed by atoms with van der Waals surface area (Å²) in [4.78, 5) is 0. The van der Waals surface area contributed by atoms with Crippen LogP contribution in [0.4, 0.5) is 0 Å². The summed E-state index contributed by atoms with van der Waals surface area (Å²) in [6.07, 6.45) is 6.12. The van der Waals surface area contributed by atoms with E-state index in [0.29, 0.717) is 0 Å². The SMILES string of the molecule is OC(CC1CC2CCC1C2)c1ccc(I)c(Cl)c1. The van der Waals surface area contributed by atoms with E-state index in [-0.39, 0.29) is 6.10 Å². The summed E-state index contributed by atoms with van der Waals surface area (Å²) in [7, 11) is 0. The van der Waals surface area contributed by atoms with Crippen molar-refractivity contribution < 1.29 is 5.11 Å². The van der Waals surface area contributed by atoms with Crippen LogP contribution in [0, 0.1) is 21.3 Å². The van der Waals surface area contributed by atoms with Gasteiger partial charge in [-0.3, -0.25) is 0 Å². The van der Waals surface area contributed by atoms with E-state index in [0.717, 1.165) is 38.3 Å². The van der Waals surface area contributed by atoms with Gasteiger partial charge < -0.3 is 5.11 Å². The first kappa shape index (κ1) is 13.2. The van der Waals surface area contributed by atoms with Crippen LogP contribution in [0.2, 0.25) is 5.02 Å². The number of benzene rings is 1. The Morgan fingerprint density at radius 2 is 2.17 bits per heavy atom. The fourth-order valence-electron chi connectivity index (χ4n) is 3.81. The predicted octanol–water partition coefficient (Wildman–Crippen LogP) is 4.80. The Hall–Kier alpha value is 0.200. The Kier molecular flexibility index (Phi) is 3.88. The lowest BCUT2D eigenvalue weighted by atomic mass is 9.83. The van der Waals surface area contributed by atoms with Crippen LogP contribution in [-0.4, -0.2) is 5.11 Å². The third-order valence-corrected chi connectivity index (χ3v) is 6.31. The van der Waals surface area contributed by atoms with Crippen LogP contribution in [0.25, 0.3) is 0 Å². The molecule has 2 bridgehead atoms. The van der Waals surface area contributed by atoms with Crippen molar-refractivity contribution in [3.05, 3.63) is 32.4 Å². The molecule has 0 radical (unpaired) electrons. The number of halogens is 2. The molecule has 0 spiro atoms. The molecule has 2 fully saturated rings. The van der Waals surface area contributed by atoms with E-state index in [9.17, 15) is 5.11 Å². The summed E-state index contributed by atoms with van der Waals surface area (Å²) in [5.74, 6) is 2.56. The van der Waals surface area contributed by atoms with Gasteiger partial charge in [0.1, 0.15) is 0 Å². The molecule has 3 heteroatoms. The summed E-state index contributed by atoms with van der Waals surface area (Å²) < 4.78 is 1.05. The van der Waals surface area contributed by atoms with E-state index in [1.165, 1.54) is 25.7 Å². The highest BCUT2D eigenvalue weighted by molar-refractivity contribution is 14.1. The monoisotopic (exact) mass is 376 g/mol. The topological polar surface area (TPSA) is 20.2 Å². The quantitative estimate of drug-likeness (QED) is 0.751. The first-order valence-electron chi connectivity index (χ1n) is 6.76. The van der Waals surface area contributed by atoms with Gasteiger partial charge in [0.25, 0.3) is 0 Å². The zero-order chi connectivity index (χ0) is 12.7. The highest BCUT2D eigenvalue weighted by Crippen LogP contribution is 2.51. The summed E-state index contributed by atoms with van der Waals surface area (Å²) in [6.45, 7) is 0. The van der Waals surface area contributed by atoms with Crippen molar-refractivity contribution in [1.82, 2.24) is 0 Å². The molecular formula is C15H18ClIO. The van der Waals surface area contributed by atoms with Gasteiger partial charge >= 0.3 is 0 Å². The minimum Gasteiger partial charge on any atom is -0.388 e. The van der Waals surface area contributed by atoms with Crippen LogP contribution >= 0.6 is 34.2 Å². The van der Waals surface area contributed by atoms with E-state index in [2.05, 4.69) is 22.6 Å². The fraction of sp³-hybridized carbons (Fsp3) is 0.600. The number of aliphatic hydroxyl groups excluding tert-OH is 1. The molecule has 0 amide bonds. The molecule has 1 aromatic carbocycles. The second-order valence-electron chi connectivity index (χ2n) is 5.86. The minimum atomic E-state index is -0.344. The van der Waals surface area contributed by atoms with Gasteiger partial charge in [0.05, 0.1) is 11.1 Å². The van der Waals surface area contributed by atoms with Gasteiger partial charge in [0.15, 0.2) is 0 Å². The van der Waals surface area contributed by atoms with Crippen LogP contribution in [0.1, 0.15) is 43.8 Å². The molecule has 18 heavy (non-hydrogen) atoms. The second kappa shape index (κ2) is 5.29. The molecule has 1 N–H and O–H groups in total.